The third-order valence-corrected chi connectivity index (χ3v) is 3.24. The Kier molecular flexibility index (Phi) is 3.32. The Morgan fingerprint density at radius 1 is 1.30 bits per heavy atom. The Bertz CT molecular complexity index is 724. The summed E-state index contributed by atoms with van der Waals surface area (Å²) in [5.74, 6) is 6.42. The maximum Gasteiger partial charge on any atom is 0.137 e. The summed E-state index contributed by atoms with van der Waals surface area (Å²) in [5.41, 5.74) is 5.72. The van der Waals surface area contributed by atoms with Gasteiger partial charge in [-0.3, -0.25) is 10.8 Å². The van der Waals surface area contributed by atoms with Crippen molar-refractivity contribution in [2.75, 3.05) is 7.11 Å². The third-order valence-electron chi connectivity index (χ3n) is 3.24. The number of nitrogens with one attached hydrogen (secondary N) is 1. The Balaban J connectivity index is 2.09. The largest absolute Gasteiger partial charge is 0.495 e. The van der Waals surface area contributed by atoms with Crippen molar-refractivity contribution in [1.29, 1.82) is 0 Å². The first-order valence-corrected chi connectivity index (χ1v) is 6.21. The normalized spacial score (nSPS) is 12.5. The van der Waals surface area contributed by atoms with Gasteiger partial charge in [0.15, 0.2) is 0 Å². The molecule has 3 heterocycles. The van der Waals surface area contributed by atoms with Crippen molar-refractivity contribution >= 4 is 5.52 Å². The zero-order valence-electron chi connectivity index (χ0n) is 11.0. The summed E-state index contributed by atoms with van der Waals surface area (Å²) in [6, 6.07) is 7.61. The molecule has 6 nitrogen and oxygen atoms in total. The first-order chi connectivity index (χ1) is 9.83. The van der Waals surface area contributed by atoms with Crippen molar-refractivity contribution in [3.8, 4) is 5.75 Å². The van der Waals surface area contributed by atoms with E-state index in [1.165, 1.54) is 0 Å². The molecule has 6 heteroatoms. The zero-order chi connectivity index (χ0) is 13.9. The number of nitrogens with zero attached hydrogens (tertiary/aromatic N) is 3. The average Bonchev–Trinajstić information content (AvgIpc) is 2.93. The maximum absolute atomic E-state index is 5.72. The lowest BCUT2D eigenvalue weighted by atomic mass is 10.0. The fourth-order valence-electron chi connectivity index (χ4n) is 2.25. The second-order valence-corrected chi connectivity index (χ2v) is 4.39. The second-order valence-electron chi connectivity index (χ2n) is 4.39. The molecule has 0 spiro atoms. The van der Waals surface area contributed by atoms with Gasteiger partial charge >= 0.3 is 0 Å². The van der Waals surface area contributed by atoms with E-state index in [9.17, 15) is 0 Å². The summed E-state index contributed by atoms with van der Waals surface area (Å²) in [6.07, 6.45) is 7.13. The van der Waals surface area contributed by atoms with Gasteiger partial charge in [0, 0.05) is 18.0 Å². The van der Waals surface area contributed by atoms with Crippen LogP contribution in [0.5, 0.6) is 5.75 Å². The highest BCUT2D eigenvalue weighted by Crippen LogP contribution is 2.26. The molecule has 0 fully saturated rings. The molecule has 0 bridgehead atoms. The SMILES string of the molecule is COc1cncc(C(NN)c2cnn3ccccc23)c1. The molecule has 0 aliphatic carbocycles. The van der Waals surface area contributed by atoms with Gasteiger partial charge in [-0.15, -0.1) is 0 Å². The Hall–Kier alpha value is -2.44. The molecule has 0 radical (unpaired) electrons. The molecular weight excluding hydrogens is 254 g/mol. The Morgan fingerprint density at radius 3 is 3.00 bits per heavy atom. The molecule has 0 aliphatic heterocycles. The number of hydrogen-bond donors (Lipinski definition) is 2. The highest BCUT2D eigenvalue weighted by Gasteiger charge is 2.18. The van der Waals surface area contributed by atoms with E-state index in [0.717, 1.165) is 16.6 Å². The quantitative estimate of drug-likeness (QED) is 0.551. The van der Waals surface area contributed by atoms with Crippen LogP contribution in [0.4, 0.5) is 0 Å². The van der Waals surface area contributed by atoms with E-state index in [0.29, 0.717) is 5.75 Å². The molecule has 1 unspecified atom stereocenters. The predicted octanol–water partition coefficient (Wildman–Crippen LogP) is 1.29. The summed E-state index contributed by atoms with van der Waals surface area (Å²) in [6.45, 7) is 0. The van der Waals surface area contributed by atoms with Gasteiger partial charge in [-0.05, 0) is 23.8 Å². The van der Waals surface area contributed by atoms with Crippen LogP contribution < -0.4 is 16.0 Å². The fraction of sp³-hybridized carbons (Fsp3) is 0.143. The van der Waals surface area contributed by atoms with Gasteiger partial charge < -0.3 is 4.74 Å². The van der Waals surface area contributed by atoms with Crippen molar-refractivity contribution < 1.29 is 4.74 Å². The van der Waals surface area contributed by atoms with Gasteiger partial charge in [0.05, 0.1) is 31.1 Å². The lowest BCUT2D eigenvalue weighted by Crippen LogP contribution is -2.28. The van der Waals surface area contributed by atoms with Crippen LogP contribution in [0.3, 0.4) is 0 Å². The van der Waals surface area contributed by atoms with Crippen LogP contribution in [0.1, 0.15) is 17.2 Å². The van der Waals surface area contributed by atoms with Crippen LogP contribution >= 0.6 is 0 Å². The lowest BCUT2D eigenvalue weighted by molar-refractivity contribution is 0.411. The molecule has 1 atom stereocenters. The van der Waals surface area contributed by atoms with E-state index >= 15 is 0 Å². The molecule has 3 rings (SSSR count). The van der Waals surface area contributed by atoms with Gasteiger partial charge in [0.25, 0.3) is 0 Å². The van der Waals surface area contributed by atoms with E-state index < -0.39 is 0 Å². The average molecular weight is 269 g/mol. The summed E-state index contributed by atoms with van der Waals surface area (Å²) in [5, 5.41) is 4.33. The molecule has 0 saturated heterocycles. The molecule has 3 N–H and O–H groups in total. The first kappa shape index (κ1) is 12.6. The van der Waals surface area contributed by atoms with E-state index in [1.54, 1.807) is 25.7 Å². The number of fused-ring (bicyclic) bond motifs is 1. The van der Waals surface area contributed by atoms with Crippen LogP contribution in [0.15, 0.2) is 49.1 Å². The van der Waals surface area contributed by atoms with E-state index in [-0.39, 0.29) is 6.04 Å². The topological polar surface area (TPSA) is 77.5 Å². The van der Waals surface area contributed by atoms with Crippen molar-refractivity contribution in [1.82, 2.24) is 20.0 Å². The summed E-state index contributed by atoms with van der Waals surface area (Å²) in [7, 11) is 1.61. The number of nitrogens with two attached hydrogens (primary N) is 1. The summed E-state index contributed by atoms with van der Waals surface area (Å²) >= 11 is 0. The molecule has 0 amide bonds. The van der Waals surface area contributed by atoms with Gasteiger partial charge in [-0.25, -0.2) is 9.94 Å². The van der Waals surface area contributed by atoms with Gasteiger partial charge in [0.1, 0.15) is 5.75 Å². The molecule has 0 aromatic carbocycles. The van der Waals surface area contributed by atoms with E-state index in [1.807, 2.05) is 35.0 Å². The van der Waals surface area contributed by atoms with Crippen molar-refractivity contribution in [2.24, 2.45) is 5.84 Å². The highest BCUT2D eigenvalue weighted by molar-refractivity contribution is 5.57. The van der Waals surface area contributed by atoms with Crippen LogP contribution in [0, 0.1) is 0 Å². The van der Waals surface area contributed by atoms with Gasteiger partial charge in [0.2, 0.25) is 0 Å². The molecule has 20 heavy (non-hydrogen) atoms. The number of pyridine rings is 2. The fourth-order valence-corrected chi connectivity index (χ4v) is 2.25. The molecule has 3 aromatic rings. The summed E-state index contributed by atoms with van der Waals surface area (Å²) in [4.78, 5) is 4.17. The molecule has 0 saturated carbocycles. The highest BCUT2D eigenvalue weighted by atomic mass is 16.5. The number of rotatable bonds is 4. The Labute approximate surface area is 116 Å². The molecular formula is C14H15N5O. The van der Waals surface area contributed by atoms with Gasteiger partial charge in [-0.1, -0.05) is 6.07 Å². The van der Waals surface area contributed by atoms with Crippen molar-refractivity contribution in [3.63, 3.8) is 0 Å². The first-order valence-electron chi connectivity index (χ1n) is 6.21. The minimum atomic E-state index is -0.197. The molecule has 3 aromatic heterocycles. The molecule has 102 valence electrons. The standard InChI is InChI=1S/C14H15N5O/c1-20-11-6-10(7-16-8-11)14(18-15)12-9-17-19-5-3-2-4-13(12)19/h2-9,14,18H,15H2,1H3. The van der Waals surface area contributed by atoms with Gasteiger partial charge in [-0.2, -0.15) is 5.10 Å². The van der Waals surface area contributed by atoms with E-state index in [2.05, 4.69) is 15.5 Å². The maximum atomic E-state index is 5.72. The van der Waals surface area contributed by atoms with Crippen molar-refractivity contribution in [2.45, 2.75) is 6.04 Å². The lowest BCUT2D eigenvalue weighted by Gasteiger charge is -2.15. The minimum absolute atomic E-state index is 0.197. The smallest absolute Gasteiger partial charge is 0.137 e. The number of hydrogen-bond acceptors (Lipinski definition) is 5. The summed E-state index contributed by atoms with van der Waals surface area (Å²) < 4.78 is 7.02. The van der Waals surface area contributed by atoms with E-state index in [4.69, 9.17) is 10.6 Å². The number of aromatic nitrogens is 3. The van der Waals surface area contributed by atoms with Crippen molar-refractivity contribution in [3.05, 3.63) is 60.2 Å². The third kappa shape index (κ3) is 2.11. The second kappa shape index (κ2) is 5.28. The van der Waals surface area contributed by atoms with Crippen LogP contribution in [0.2, 0.25) is 0 Å². The zero-order valence-corrected chi connectivity index (χ0v) is 11.0. The number of ether oxygens (including phenoxy) is 1. The monoisotopic (exact) mass is 269 g/mol. The Morgan fingerprint density at radius 2 is 2.20 bits per heavy atom. The number of methoxy groups -OCH3 is 1. The van der Waals surface area contributed by atoms with Crippen LogP contribution in [-0.4, -0.2) is 21.7 Å². The minimum Gasteiger partial charge on any atom is -0.495 e. The predicted molar refractivity (Wildman–Crippen MR) is 75.1 cm³/mol. The van der Waals surface area contributed by atoms with Crippen LogP contribution in [-0.2, 0) is 0 Å². The van der Waals surface area contributed by atoms with Crippen LogP contribution in [0.25, 0.3) is 5.52 Å². The molecule has 0 aliphatic rings. The number of hydrazine groups is 1.